The Labute approximate surface area is 131 Å². The first-order valence-electron chi connectivity index (χ1n) is 8.34. The van der Waals surface area contributed by atoms with Crippen LogP contribution >= 0.6 is 0 Å². The molecule has 1 aromatic rings. The van der Waals surface area contributed by atoms with Crippen LogP contribution in [0.5, 0.6) is 0 Å². The van der Waals surface area contributed by atoms with Crippen LogP contribution in [-0.2, 0) is 16.0 Å². The lowest BCUT2D eigenvalue weighted by atomic mass is 9.60. The molecule has 6 heteroatoms. The zero-order valence-corrected chi connectivity index (χ0v) is 13.4. The molecule has 2 saturated carbocycles. The zero-order valence-electron chi connectivity index (χ0n) is 13.4. The molecule has 3 rings (SSSR count). The monoisotopic (exact) mass is 307 g/mol. The molecule has 1 N–H and O–H groups in total. The van der Waals surface area contributed by atoms with Crippen LogP contribution in [0.4, 0.5) is 0 Å². The molecule has 122 valence electrons. The number of aromatic nitrogens is 2. The number of rotatable bonds is 6. The van der Waals surface area contributed by atoms with E-state index in [0.29, 0.717) is 30.7 Å². The van der Waals surface area contributed by atoms with Crippen molar-refractivity contribution in [2.24, 2.45) is 5.41 Å². The highest BCUT2D eigenvalue weighted by atomic mass is 16.5. The summed E-state index contributed by atoms with van der Waals surface area (Å²) >= 11 is 0. The molecule has 1 amide bonds. The van der Waals surface area contributed by atoms with Gasteiger partial charge in [0.1, 0.15) is 0 Å². The highest BCUT2D eigenvalue weighted by Gasteiger charge is 2.57. The molecule has 1 spiro atoms. The minimum Gasteiger partial charge on any atom is -0.378 e. The molecule has 1 heterocycles. The first kappa shape index (κ1) is 15.5. The fourth-order valence-corrected chi connectivity index (χ4v) is 4.02. The van der Waals surface area contributed by atoms with Crippen molar-refractivity contribution >= 4 is 5.91 Å². The molecule has 0 radical (unpaired) electrons. The van der Waals surface area contributed by atoms with Gasteiger partial charge in [0, 0.05) is 30.9 Å². The Hall–Kier alpha value is -1.43. The third-order valence-electron chi connectivity index (χ3n) is 5.16. The molecule has 2 aliphatic rings. The van der Waals surface area contributed by atoms with Crippen molar-refractivity contribution in [1.29, 1.82) is 0 Å². The number of aryl methyl sites for hydroxylation is 2. The smallest absolute Gasteiger partial charge is 0.227 e. The van der Waals surface area contributed by atoms with Gasteiger partial charge in [-0.05, 0) is 33.1 Å². The van der Waals surface area contributed by atoms with Crippen LogP contribution in [0.25, 0.3) is 0 Å². The molecular weight excluding hydrogens is 282 g/mol. The van der Waals surface area contributed by atoms with Gasteiger partial charge in [0.05, 0.1) is 6.10 Å². The third-order valence-corrected chi connectivity index (χ3v) is 5.16. The first-order chi connectivity index (χ1) is 10.6. The molecule has 0 aliphatic heterocycles. The number of nitrogens with one attached hydrogen (secondary N) is 1. The lowest BCUT2D eigenvalue weighted by Crippen LogP contribution is -2.63. The standard InChI is InChI=1S/C16H25N3O3/c1-3-21-13-10-12(16(13)8-4-5-9-16)18-14(20)6-7-15-17-11(2)19-22-15/h12-13H,3-10H2,1-2H3,(H,18,20)/t12-,13-/m1/s1. The van der Waals surface area contributed by atoms with Crippen LogP contribution in [0.3, 0.4) is 0 Å². The van der Waals surface area contributed by atoms with E-state index in [0.717, 1.165) is 13.0 Å². The average molecular weight is 307 g/mol. The summed E-state index contributed by atoms with van der Waals surface area (Å²) < 4.78 is 10.9. The maximum atomic E-state index is 12.2. The largest absolute Gasteiger partial charge is 0.378 e. The van der Waals surface area contributed by atoms with Crippen molar-refractivity contribution in [3.63, 3.8) is 0 Å². The number of amides is 1. The SMILES string of the molecule is CCO[C@@H]1C[C@@H](NC(=O)CCc2nc(C)no2)C12CCCC2. The Balaban J connectivity index is 1.51. The fraction of sp³-hybridized carbons (Fsp3) is 0.812. The summed E-state index contributed by atoms with van der Waals surface area (Å²) in [6.07, 6.45) is 7.00. The van der Waals surface area contributed by atoms with E-state index in [1.54, 1.807) is 6.92 Å². The Bertz CT molecular complexity index is 522. The number of ether oxygens (including phenoxy) is 1. The van der Waals surface area contributed by atoms with Crippen molar-refractivity contribution in [3.8, 4) is 0 Å². The summed E-state index contributed by atoms with van der Waals surface area (Å²) in [6, 6.07) is 0.267. The van der Waals surface area contributed by atoms with E-state index in [9.17, 15) is 4.79 Å². The molecular formula is C16H25N3O3. The van der Waals surface area contributed by atoms with Gasteiger partial charge >= 0.3 is 0 Å². The maximum absolute atomic E-state index is 12.2. The number of carbonyl (C=O) groups excluding carboxylic acids is 1. The van der Waals surface area contributed by atoms with E-state index in [2.05, 4.69) is 15.5 Å². The molecule has 6 nitrogen and oxygen atoms in total. The summed E-state index contributed by atoms with van der Waals surface area (Å²) in [5.74, 6) is 1.21. The van der Waals surface area contributed by atoms with Gasteiger partial charge in [0.25, 0.3) is 0 Å². The van der Waals surface area contributed by atoms with Gasteiger partial charge in [-0.1, -0.05) is 18.0 Å². The minimum absolute atomic E-state index is 0.0714. The molecule has 0 aromatic carbocycles. The summed E-state index contributed by atoms with van der Waals surface area (Å²) in [5, 5.41) is 6.94. The number of hydrogen-bond acceptors (Lipinski definition) is 5. The topological polar surface area (TPSA) is 77.2 Å². The van der Waals surface area contributed by atoms with Gasteiger partial charge in [-0.2, -0.15) is 4.98 Å². The molecule has 2 aliphatic carbocycles. The summed E-state index contributed by atoms with van der Waals surface area (Å²) in [5.41, 5.74) is 0.187. The second-order valence-corrected chi connectivity index (χ2v) is 6.48. The Morgan fingerprint density at radius 3 is 2.86 bits per heavy atom. The van der Waals surface area contributed by atoms with E-state index in [4.69, 9.17) is 9.26 Å². The van der Waals surface area contributed by atoms with E-state index >= 15 is 0 Å². The van der Waals surface area contributed by atoms with Crippen molar-refractivity contribution < 1.29 is 14.1 Å². The van der Waals surface area contributed by atoms with Crippen LogP contribution in [0.15, 0.2) is 4.52 Å². The number of hydrogen-bond donors (Lipinski definition) is 1. The Morgan fingerprint density at radius 2 is 2.23 bits per heavy atom. The zero-order chi connectivity index (χ0) is 15.6. The normalized spacial score (nSPS) is 26.1. The number of carbonyl (C=O) groups is 1. The lowest BCUT2D eigenvalue weighted by molar-refractivity contribution is -0.144. The second-order valence-electron chi connectivity index (χ2n) is 6.48. The fourth-order valence-electron chi connectivity index (χ4n) is 4.02. The van der Waals surface area contributed by atoms with Crippen LogP contribution in [-0.4, -0.2) is 34.8 Å². The minimum atomic E-state index is 0.0714. The third kappa shape index (κ3) is 2.89. The van der Waals surface area contributed by atoms with Gasteiger partial charge in [-0.3, -0.25) is 4.79 Å². The molecule has 0 bridgehead atoms. The predicted molar refractivity (Wildman–Crippen MR) is 80.2 cm³/mol. The van der Waals surface area contributed by atoms with Crippen molar-refractivity contribution in [3.05, 3.63) is 11.7 Å². The first-order valence-corrected chi connectivity index (χ1v) is 8.34. The molecule has 22 heavy (non-hydrogen) atoms. The van der Waals surface area contributed by atoms with E-state index in [1.807, 2.05) is 6.92 Å². The van der Waals surface area contributed by atoms with E-state index < -0.39 is 0 Å². The highest BCUT2D eigenvalue weighted by Crippen LogP contribution is 2.54. The second kappa shape index (κ2) is 6.36. The van der Waals surface area contributed by atoms with Crippen molar-refractivity contribution in [2.75, 3.05) is 6.61 Å². The maximum Gasteiger partial charge on any atom is 0.227 e. The average Bonchev–Trinajstić information content (AvgIpc) is 3.14. The summed E-state index contributed by atoms with van der Waals surface area (Å²) in [4.78, 5) is 16.3. The van der Waals surface area contributed by atoms with E-state index in [1.165, 1.54) is 25.7 Å². The van der Waals surface area contributed by atoms with Gasteiger partial charge in [0.2, 0.25) is 11.8 Å². The van der Waals surface area contributed by atoms with Gasteiger partial charge in [-0.15, -0.1) is 0 Å². The van der Waals surface area contributed by atoms with Gasteiger partial charge in [-0.25, -0.2) is 0 Å². The highest BCUT2D eigenvalue weighted by molar-refractivity contribution is 5.76. The molecule has 0 unspecified atom stereocenters. The van der Waals surface area contributed by atoms with Crippen molar-refractivity contribution in [1.82, 2.24) is 15.5 Å². The van der Waals surface area contributed by atoms with Crippen LogP contribution in [0.2, 0.25) is 0 Å². The van der Waals surface area contributed by atoms with Gasteiger partial charge in [0.15, 0.2) is 5.82 Å². The molecule has 1 aromatic heterocycles. The predicted octanol–water partition coefficient (Wildman–Crippen LogP) is 2.16. The quantitative estimate of drug-likeness (QED) is 0.871. The van der Waals surface area contributed by atoms with Gasteiger partial charge < -0.3 is 14.6 Å². The summed E-state index contributed by atoms with van der Waals surface area (Å²) in [6.45, 7) is 4.57. The Kier molecular flexibility index (Phi) is 4.47. The Morgan fingerprint density at radius 1 is 1.45 bits per heavy atom. The summed E-state index contributed by atoms with van der Waals surface area (Å²) in [7, 11) is 0. The molecule has 2 atom stereocenters. The number of nitrogens with zero attached hydrogens (tertiary/aromatic N) is 2. The molecule has 2 fully saturated rings. The molecule has 0 saturated heterocycles. The van der Waals surface area contributed by atoms with Crippen LogP contribution in [0, 0.1) is 12.3 Å². The lowest BCUT2D eigenvalue weighted by Gasteiger charge is -2.54. The van der Waals surface area contributed by atoms with Crippen molar-refractivity contribution in [2.45, 2.75) is 70.9 Å². The van der Waals surface area contributed by atoms with E-state index in [-0.39, 0.29) is 17.4 Å². The van der Waals surface area contributed by atoms with Crippen LogP contribution < -0.4 is 5.32 Å². The van der Waals surface area contributed by atoms with Crippen LogP contribution in [0.1, 0.15) is 57.2 Å².